The zero-order chi connectivity index (χ0) is 27.8. The summed E-state index contributed by atoms with van der Waals surface area (Å²) in [6.07, 6.45) is -1.27. The number of ketones is 1. The summed E-state index contributed by atoms with van der Waals surface area (Å²) in [5, 5.41) is 3.98. The van der Waals surface area contributed by atoms with Crippen LogP contribution in [0.25, 0.3) is 12.8 Å². The van der Waals surface area contributed by atoms with Crippen molar-refractivity contribution in [2.24, 2.45) is 5.92 Å². The van der Waals surface area contributed by atoms with Gasteiger partial charge >= 0.3 is 6.18 Å². The maximum absolute atomic E-state index is 13.1. The van der Waals surface area contributed by atoms with Gasteiger partial charge in [0, 0.05) is 51.0 Å². The Bertz CT molecular complexity index is 1210. The van der Waals surface area contributed by atoms with Crippen LogP contribution < -0.4 is 15.8 Å². The maximum atomic E-state index is 13.1. The molecule has 9 heteroatoms. The number of methoxy groups -OCH3 is 1. The highest BCUT2D eigenvalue weighted by Gasteiger charge is 2.33. The van der Waals surface area contributed by atoms with Crippen LogP contribution in [-0.4, -0.2) is 50.4 Å². The summed E-state index contributed by atoms with van der Waals surface area (Å²) in [7, 11) is 3.47. The van der Waals surface area contributed by atoms with Crippen molar-refractivity contribution in [3.8, 4) is 0 Å². The Hall–Kier alpha value is -2.84. The summed E-state index contributed by atoms with van der Waals surface area (Å²) >= 11 is 5.66. The molecule has 37 heavy (non-hydrogen) atoms. The van der Waals surface area contributed by atoms with Crippen LogP contribution in [-0.2, 0) is 10.9 Å². The van der Waals surface area contributed by atoms with E-state index >= 15 is 0 Å². The SMILES string of the molecule is C=c1cc(C)c(C(=O)NCCOC)c/c1=C/N(C)CC(CC)CCC(=O)c1ccc(Cl)c(C(F)(F)F)c1. The van der Waals surface area contributed by atoms with E-state index in [4.69, 9.17) is 16.3 Å². The Labute approximate surface area is 220 Å². The number of Topliss-reactive ketones (excluding diaryl/α,β-unsaturated/α-hetero) is 1. The van der Waals surface area contributed by atoms with Crippen LogP contribution >= 0.6 is 11.6 Å². The molecule has 5 nitrogen and oxygen atoms in total. The second kappa shape index (κ2) is 13.6. The van der Waals surface area contributed by atoms with Crippen LogP contribution in [0.1, 0.15) is 58.0 Å². The highest BCUT2D eigenvalue weighted by atomic mass is 35.5. The van der Waals surface area contributed by atoms with E-state index in [-0.39, 0.29) is 29.6 Å². The number of benzene rings is 2. The average Bonchev–Trinajstić information content (AvgIpc) is 2.82. The molecule has 202 valence electrons. The van der Waals surface area contributed by atoms with E-state index in [1.165, 1.54) is 6.07 Å². The molecule has 0 aliphatic carbocycles. The number of rotatable bonds is 12. The van der Waals surface area contributed by atoms with Gasteiger partial charge in [0.1, 0.15) is 0 Å². The number of alkyl halides is 3. The van der Waals surface area contributed by atoms with Gasteiger partial charge in [-0.2, -0.15) is 13.2 Å². The fourth-order valence-electron chi connectivity index (χ4n) is 4.03. The first-order valence-electron chi connectivity index (χ1n) is 12.1. The minimum absolute atomic E-state index is 0.00385. The lowest BCUT2D eigenvalue weighted by atomic mass is 9.95. The Kier molecular flexibility index (Phi) is 11.2. The lowest BCUT2D eigenvalue weighted by molar-refractivity contribution is -0.137. The van der Waals surface area contributed by atoms with Gasteiger partial charge < -0.3 is 15.0 Å². The second-order valence-electron chi connectivity index (χ2n) is 9.11. The molecule has 2 aromatic rings. The van der Waals surface area contributed by atoms with E-state index in [0.717, 1.165) is 34.6 Å². The molecule has 0 saturated carbocycles. The van der Waals surface area contributed by atoms with Crippen molar-refractivity contribution in [2.75, 3.05) is 33.9 Å². The van der Waals surface area contributed by atoms with Gasteiger partial charge in [0.15, 0.2) is 5.78 Å². The first-order valence-corrected chi connectivity index (χ1v) is 12.4. The van der Waals surface area contributed by atoms with Gasteiger partial charge in [-0.1, -0.05) is 37.6 Å². The van der Waals surface area contributed by atoms with Gasteiger partial charge in [0.2, 0.25) is 0 Å². The highest BCUT2D eigenvalue weighted by molar-refractivity contribution is 6.31. The lowest BCUT2D eigenvalue weighted by Gasteiger charge is -2.22. The first-order chi connectivity index (χ1) is 17.4. The largest absolute Gasteiger partial charge is 0.417 e. The number of halogens is 4. The van der Waals surface area contributed by atoms with E-state index < -0.39 is 16.8 Å². The molecule has 1 N–H and O–H groups in total. The van der Waals surface area contributed by atoms with Gasteiger partial charge in [-0.3, -0.25) is 9.59 Å². The van der Waals surface area contributed by atoms with Gasteiger partial charge in [-0.05, 0) is 59.5 Å². The third-order valence-electron chi connectivity index (χ3n) is 6.18. The summed E-state index contributed by atoms with van der Waals surface area (Å²) < 4.78 is 44.4. The summed E-state index contributed by atoms with van der Waals surface area (Å²) in [6.45, 7) is 9.41. The van der Waals surface area contributed by atoms with E-state index in [2.05, 4.69) is 11.9 Å². The summed E-state index contributed by atoms with van der Waals surface area (Å²) in [5.41, 5.74) is 0.377. The molecule has 1 unspecified atom stereocenters. The Morgan fingerprint density at radius 1 is 1.24 bits per heavy atom. The Morgan fingerprint density at radius 3 is 2.57 bits per heavy atom. The lowest BCUT2D eigenvalue weighted by Crippen LogP contribution is -2.33. The summed E-state index contributed by atoms with van der Waals surface area (Å²) in [6, 6.07) is 6.93. The molecule has 0 spiro atoms. The first kappa shape index (κ1) is 30.4. The Balaban J connectivity index is 2.10. The van der Waals surface area contributed by atoms with E-state index in [1.807, 2.05) is 38.1 Å². The van der Waals surface area contributed by atoms with Crippen molar-refractivity contribution in [3.63, 3.8) is 0 Å². The minimum Gasteiger partial charge on any atom is -0.383 e. The van der Waals surface area contributed by atoms with Gasteiger partial charge in [0.25, 0.3) is 5.91 Å². The molecular weight excluding hydrogens is 505 g/mol. The number of carbonyl (C=O) groups is 2. The molecule has 0 aliphatic heterocycles. The number of hydrogen-bond acceptors (Lipinski definition) is 4. The van der Waals surface area contributed by atoms with Gasteiger partial charge in [-0.15, -0.1) is 0 Å². The standard InChI is InChI=1S/C28H34ClF3N2O3/c1-6-20(7-10-26(35)21-8-9-25(29)24(15-21)28(30,31)32)16-34(4)17-22-14-23(19(3)13-18(22)2)27(36)33-11-12-37-5/h8-9,13-15,17,20H,2,6-7,10-12,16H2,1,3-5H3,(H,33,36)/b22-17-. The van der Waals surface area contributed by atoms with Crippen LogP contribution in [0.3, 0.4) is 0 Å². The van der Waals surface area contributed by atoms with Crippen molar-refractivity contribution >= 4 is 36.1 Å². The third-order valence-corrected chi connectivity index (χ3v) is 6.51. The molecule has 1 amide bonds. The number of nitrogens with one attached hydrogen (secondary N) is 1. The molecule has 0 fully saturated rings. The zero-order valence-electron chi connectivity index (χ0n) is 21.7. The van der Waals surface area contributed by atoms with E-state index in [0.29, 0.717) is 31.7 Å². The normalized spacial score (nSPS) is 12.9. The zero-order valence-corrected chi connectivity index (χ0v) is 22.4. The van der Waals surface area contributed by atoms with Crippen LogP contribution in [0.15, 0.2) is 30.3 Å². The molecule has 0 aliphatic rings. The topological polar surface area (TPSA) is 58.6 Å². The number of amides is 1. The van der Waals surface area contributed by atoms with Crippen molar-refractivity contribution in [2.45, 2.75) is 39.3 Å². The monoisotopic (exact) mass is 538 g/mol. The molecular formula is C28H34ClF3N2O3. The summed E-state index contributed by atoms with van der Waals surface area (Å²) in [5.74, 6) is -0.405. The van der Waals surface area contributed by atoms with Crippen molar-refractivity contribution in [3.05, 3.63) is 68.0 Å². The average molecular weight is 539 g/mol. The van der Waals surface area contributed by atoms with Crippen molar-refractivity contribution in [1.82, 2.24) is 10.2 Å². The number of nitrogens with zero attached hydrogens (tertiary/aromatic N) is 1. The van der Waals surface area contributed by atoms with Crippen molar-refractivity contribution in [1.29, 1.82) is 0 Å². The van der Waals surface area contributed by atoms with Crippen molar-refractivity contribution < 1.29 is 27.5 Å². The second-order valence-corrected chi connectivity index (χ2v) is 9.52. The molecule has 2 aromatic carbocycles. The molecule has 0 aromatic heterocycles. The maximum Gasteiger partial charge on any atom is 0.417 e. The number of carbonyl (C=O) groups excluding carboxylic acids is 2. The molecule has 0 radical (unpaired) electrons. The molecule has 2 rings (SSSR count). The predicted molar refractivity (Wildman–Crippen MR) is 141 cm³/mol. The molecule has 0 bridgehead atoms. The van der Waals surface area contributed by atoms with E-state index in [1.54, 1.807) is 13.2 Å². The smallest absolute Gasteiger partial charge is 0.383 e. The highest BCUT2D eigenvalue weighted by Crippen LogP contribution is 2.35. The van der Waals surface area contributed by atoms with Crippen LogP contribution in [0.5, 0.6) is 0 Å². The fraction of sp³-hybridized carbons (Fsp3) is 0.429. The third kappa shape index (κ3) is 8.90. The van der Waals surface area contributed by atoms with Crippen LogP contribution in [0.4, 0.5) is 13.2 Å². The summed E-state index contributed by atoms with van der Waals surface area (Å²) in [4.78, 5) is 27.2. The Morgan fingerprint density at radius 2 is 1.95 bits per heavy atom. The number of hydrogen-bond donors (Lipinski definition) is 1. The van der Waals surface area contributed by atoms with E-state index in [9.17, 15) is 22.8 Å². The van der Waals surface area contributed by atoms with Gasteiger partial charge in [-0.25, -0.2) is 0 Å². The molecule has 0 saturated heterocycles. The molecule has 0 heterocycles. The minimum atomic E-state index is -4.62. The fourth-order valence-corrected chi connectivity index (χ4v) is 4.25. The number of aryl methyl sites for hydroxylation is 1. The van der Waals surface area contributed by atoms with Crippen LogP contribution in [0, 0.1) is 12.8 Å². The predicted octanol–water partition coefficient (Wildman–Crippen LogP) is 4.81. The molecule has 1 atom stereocenters. The number of ether oxygens (including phenoxy) is 1. The van der Waals surface area contributed by atoms with Gasteiger partial charge in [0.05, 0.1) is 17.2 Å². The van der Waals surface area contributed by atoms with Crippen LogP contribution in [0.2, 0.25) is 5.02 Å². The quantitative estimate of drug-likeness (QED) is 0.311.